The Kier molecular flexibility index (Phi) is 20.0. The molecule has 0 aromatic heterocycles. The maximum Gasteiger partial charge on any atom is 0.0932 e. The molecule has 0 amide bonds. The zero-order chi connectivity index (χ0) is 8.95. The Morgan fingerprint density at radius 3 is 1.64 bits per heavy atom. The minimum Gasteiger partial charge on any atom is -0.395 e. The van der Waals surface area contributed by atoms with Gasteiger partial charge in [0, 0.05) is 13.1 Å². The molecule has 0 aliphatic heterocycles. The van der Waals surface area contributed by atoms with Gasteiger partial charge in [-0.05, 0) is 7.05 Å². The average molecular weight is 166 g/mol. The monoisotopic (exact) mass is 166 g/mol. The molecular formula is C6H18N2O3. The van der Waals surface area contributed by atoms with E-state index in [-0.39, 0.29) is 19.9 Å². The van der Waals surface area contributed by atoms with E-state index in [0.717, 1.165) is 0 Å². The topological polar surface area (TPSA) is 84.8 Å². The highest BCUT2D eigenvalue weighted by Gasteiger charge is 1.73. The van der Waals surface area contributed by atoms with Crippen LogP contribution >= 0.6 is 0 Å². The lowest BCUT2D eigenvalue weighted by Gasteiger charge is -1.90. The van der Waals surface area contributed by atoms with Crippen molar-refractivity contribution in [3.63, 3.8) is 0 Å². The summed E-state index contributed by atoms with van der Waals surface area (Å²) in [4.78, 5) is 0. The van der Waals surface area contributed by atoms with Crippen LogP contribution in [0.25, 0.3) is 0 Å². The number of aliphatic hydroxyl groups is 3. The van der Waals surface area contributed by atoms with Gasteiger partial charge in [-0.25, -0.2) is 0 Å². The van der Waals surface area contributed by atoms with E-state index in [2.05, 4.69) is 10.6 Å². The quantitative estimate of drug-likeness (QED) is 0.235. The molecule has 0 aliphatic carbocycles. The fourth-order valence-electron chi connectivity index (χ4n) is 0.270. The summed E-state index contributed by atoms with van der Waals surface area (Å²) in [5.41, 5.74) is 0. The molecule has 5 N–H and O–H groups in total. The van der Waals surface area contributed by atoms with E-state index in [4.69, 9.17) is 15.3 Å². The van der Waals surface area contributed by atoms with E-state index in [0.29, 0.717) is 13.1 Å². The lowest BCUT2D eigenvalue weighted by atomic mass is 10.7. The normalized spacial score (nSPS) is 8.73. The van der Waals surface area contributed by atoms with Gasteiger partial charge in [0.25, 0.3) is 0 Å². The Hall–Kier alpha value is -0.200. The third-order valence-electron chi connectivity index (χ3n) is 0.762. The summed E-state index contributed by atoms with van der Waals surface area (Å²) >= 11 is 0. The maximum absolute atomic E-state index is 8.02. The second-order valence-electron chi connectivity index (χ2n) is 1.71. The predicted molar refractivity (Wildman–Crippen MR) is 43.2 cm³/mol. The summed E-state index contributed by atoms with van der Waals surface area (Å²) in [5.74, 6) is 0. The summed E-state index contributed by atoms with van der Waals surface area (Å²) in [7, 11) is 1.80. The molecule has 0 fully saturated rings. The Morgan fingerprint density at radius 2 is 1.55 bits per heavy atom. The van der Waals surface area contributed by atoms with Crippen molar-refractivity contribution < 1.29 is 15.3 Å². The fourth-order valence-corrected chi connectivity index (χ4v) is 0.270. The van der Waals surface area contributed by atoms with Gasteiger partial charge in [-0.15, -0.1) is 0 Å². The van der Waals surface area contributed by atoms with E-state index < -0.39 is 0 Å². The van der Waals surface area contributed by atoms with Crippen molar-refractivity contribution in [2.24, 2.45) is 0 Å². The van der Waals surface area contributed by atoms with Crippen LogP contribution in [0.1, 0.15) is 0 Å². The van der Waals surface area contributed by atoms with Crippen LogP contribution in [0.15, 0.2) is 0 Å². The largest absolute Gasteiger partial charge is 0.395 e. The molecule has 0 bridgehead atoms. The first-order valence-corrected chi connectivity index (χ1v) is 3.51. The van der Waals surface area contributed by atoms with Crippen LogP contribution in [0.4, 0.5) is 0 Å². The molecule has 0 spiro atoms. The Bertz CT molecular complexity index is 49.1. The Morgan fingerprint density at radius 1 is 1.00 bits per heavy atom. The van der Waals surface area contributed by atoms with Crippen LogP contribution in [0.2, 0.25) is 0 Å². The van der Waals surface area contributed by atoms with Crippen molar-refractivity contribution in [1.82, 2.24) is 10.6 Å². The molecule has 11 heavy (non-hydrogen) atoms. The van der Waals surface area contributed by atoms with E-state index in [9.17, 15) is 0 Å². The van der Waals surface area contributed by atoms with E-state index in [1.54, 1.807) is 7.05 Å². The SMILES string of the molecule is CNCCO.OCCNCO. The molecule has 0 aromatic rings. The summed E-state index contributed by atoms with van der Waals surface area (Å²) in [6, 6.07) is 0. The van der Waals surface area contributed by atoms with Crippen LogP contribution in [0, 0.1) is 0 Å². The number of likely N-dealkylation sites (N-methyl/N-ethyl adjacent to an activating group) is 1. The number of hydrogen-bond acceptors (Lipinski definition) is 5. The third kappa shape index (κ3) is 25.9. The summed E-state index contributed by atoms with van der Waals surface area (Å²) in [5, 5.41) is 29.3. The zero-order valence-electron chi connectivity index (χ0n) is 6.88. The minimum atomic E-state index is -0.0550. The van der Waals surface area contributed by atoms with Crippen molar-refractivity contribution in [3.05, 3.63) is 0 Å². The molecule has 0 unspecified atom stereocenters. The molecule has 5 nitrogen and oxygen atoms in total. The molecule has 0 heterocycles. The molecule has 0 aromatic carbocycles. The van der Waals surface area contributed by atoms with Crippen LogP contribution in [-0.2, 0) is 0 Å². The van der Waals surface area contributed by atoms with Gasteiger partial charge in [0.2, 0.25) is 0 Å². The smallest absolute Gasteiger partial charge is 0.0932 e. The van der Waals surface area contributed by atoms with Gasteiger partial charge < -0.3 is 20.6 Å². The van der Waals surface area contributed by atoms with Crippen molar-refractivity contribution >= 4 is 0 Å². The molecule has 0 aliphatic rings. The predicted octanol–water partition coefficient (Wildman–Crippen LogP) is -2.28. The zero-order valence-corrected chi connectivity index (χ0v) is 6.88. The Balaban J connectivity index is 0. The first-order valence-electron chi connectivity index (χ1n) is 3.51. The van der Waals surface area contributed by atoms with Gasteiger partial charge in [0.05, 0.1) is 19.9 Å². The lowest BCUT2D eigenvalue weighted by molar-refractivity contribution is 0.230. The van der Waals surface area contributed by atoms with Crippen LogP contribution < -0.4 is 10.6 Å². The van der Waals surface area contributed by atoms with Crippen LogP contribution in [0.5, 0.6) is 0 Å². The van der Waals surface area contributed by atoms with Crippen molar-refractivity contribution in [2.45, 2.75) is 0 Å². The number of hydrogen-bond donors (Lipinski definition) is 5. The molecule has 70 valence electrons. The van der Waals surface area contributed by atoms with Gasteiger partial charge in [-0.2, -0.15) is 0 Å². The number of nitrogens with one attached hydrogen (secondary N) is 2. The second kappa shape index (κ2) is 16.4. The fraction of sp³-hybridized carbons (Fsp3) is 1.00. The highest BCUT2D eigenvalue weighted by atomic mass is 16.3. The lowest BCUT2D eigenvalue weighted by Crippen LogP contribution is -2.18. The first kappa shape index (κ1) is 13.4. The molecule has 0 saturated carbocycles. The second-order valence-corrected chi connectivity index (χ2v) is 1.71. The number of rotatable bonds is 5. The van der Waals surface area contributed by atoms with Gasteiger partial charge in [0.15, 0.2) is 0 Å². The minimum absolute atomic E-state index is 0.0550. The van der Waals surface area contributed by atoms with Gasteiger partial charge in [0.1, 0.15) is 0 Å². The number of aliphatic hydroxyl groups excluding tert-OH is 3. The van der Waals surface area contributed by atoms with Crippen molar-refractivity contribution in [1.29, 1.82) is 0 Å². The summed E-state index contributed by atoms with van der Waals surface area (Å²) in [6.45, 7) is 1.42. The van der Waals surface area contributed by atoms with Crippen molar-refractivity contribution in [3.8, 4) is 0 Å². The maximum atomic E-state index is 8.02. The summed E-state index contributed by atoms with van der Waals surface area (Å²) in [6.07, 6.45) is 0. The third-order valence-corrected chi connectivity index (χ3v) is 0.762. The van der Waals surface area contributed by atoms with Crippen LogP contribution in [0.3, 0.4) is 0 Å². The standard InChI is InChI=1S/C3H9NO2.C3H9NO/c5-2-1-4-3-6;1-4-2-3-5/h4-6H,1-3H2;4-5H,2-3H2,1H3. The van der Waals surface area contributed by atoms with E-state index in [1.807, 2.05) is 0 Å². The molecule has 5 heteroatoms. The van der Waals surface area contributed by atoms with Crippen LogP contribution in [-0.4, -0.2) is 55.4 Å². The first-order chi connectivity index (χ1) is 5.33. The molecule has 0 atom stereocenters. The average Bonchev–Trinajstić information content (AvgIpc) is 2.04. The Labute approximate surface area is 67.1 Å². The highest BCUT2D eigenvalue weighted by molar-refractivity contribution is 4.30. The van der Waals surface area contributed by atoms with Gasteiger partial charge >= 0.3 is 0 Å². The highest BCUT2D eigenvalue weighted by Crippen LogP contribution is 1.48. The van der Waals surface area contributed by atoms with Crippen molar-refractivity contribution in [2.75, 3.05) is 40.1 Å². The molecular weight excluding hydrogens is 148 g/mol. The van der Waals surface area contributed by atoms with E-state index in [1.165, 1.54) is 0 Å². The molecule has 0 saturated heterocycles. The molecule has 0 rings (SSSR count). The summed E-state index contributed by atoms with van der Waals surface area (Å²) < 4.78 is 0. The van der Waals surface area contributed by atoms with Gasteiger partial charge in [-0.1, -0.05) is 0 Å². The van der Waals surface area contributed by atoms with Gasteiger partial charge in [-0.3, -0.25) is 5.32 Å². The van der Waals surface area contributed by atoms with E-state index >= 15 is 0 Å². The molecule has 0 radical (unpaired) electrons.